The van der Waals surface area contributed by atoms with E-state index < -0.39 is 68.0 Å². The van der Waals surface area contributed by atoms with Crippen LogP contribution in [0.2, 0.25) is 0 Å². The van der Waals surface area contributed by atoms with Crippen LogP contribution in [-0.2, 0) is 33.5 Å². The number of nitrogens with zero attached hydrogens (tertiary/aromatic N) is 3. The molecule has 3 rings (SSSR count). The number of ether oxygens (including phenoxy) is 1. The molecular formula is C21H15Cl5N4O10S. The Bertz CT molecular complexity index is 1350. The lowest BCUT2D eigenvalue weighted by Crippen LogP contribution is -2.62. The summed E-state index contributed by atoms with van der Waals surface area (Å²) in [5, 5.41) is 21.6. The highest BCUT2D eigenvalue weighted by atomic mass is 35.6. The number of thioether (sulfide) groups is 1. The minimum atomic E-state index is -2.81. The molecule has 0 aromatic heterocycles. The van der Waals surface area contributed by atoms with Gasteiger partial charge in [-0.1, -0.05) is 75.3 Å². The molecule has 220 valence electrons. The number of hydrogen-bond acceptors (Lipinski definition) is 11. The lowest BCUT2D eigenvalue weighted by molar-refractivity contribution is -0.154. The molecular weight excluding hydrogens is 678 g/mol. The van der Waals surface area contributed by atoms with E-state index in [-0.39, 0.29) is 27.8 Å². The van der Waals surface area contributed by atoms with Crippen molar-refractivity contribution in [2.45, 2.75) is 14.0 Å². The first kappa shape index (κ1) is 32.6. The van der Waals surface area contributed by atoms with Crippen molar-refractivity contribution in [1.29, 1.82) is 0 Å². The molecule has 20 heteroatoms. The van der Waals surface area contributed by atoms with Crippen molar-refractivity contribution in [3.05, 3.63) is 41.6 Å². The quantitative estimate of drug-likeness (QED) is 0.125. The van der Waals surface area contributed by atoms with Crippen LogP contribution < -0.4 is 5.43 Å². The Labute approximate surface area is 259 Å². The van der Waals surface area contributed by atoms with Crippen LogP contribution in [0, 0.1) is 5.92 Å². The maximum atomic E-state index is 13.1. The minimum Gasteiger partial charge on any atom is -0.508 e. The van der Waals surface area contributed by atoms with Crippen LogP contribution in [0.15, 0.2) is 41.2 Å². The standard InChI is InChI=1S/C21H15Cl5N4O10S/c22-13(23)18(36)40-28-12(8-2-1-3-9(31)6-8)14(32)27-30(19(37)21(24,25)26)20(38)39-7-10-15(33)29-11(17(34)35)4-5-41-16(10)29/h1-4,6,10,13,16,31H,5,7H2,(H,27,32)(H,34,35)/b28-12+. The Morgan fingerprint density at radius 3 is 2.49 bits per heavy atom. The van der Waals surface area contributed by atoms with Gasteiger partial charge in [0.25, 0.3) is 9.70 Å². The first-order chi connectivity index (χ1) is 19.1. The van der Waals surface area contributed by atoms with E-state index in [0.717, 1.165) is 11.0 Å². The molecule has 2 aliphatic rings. The summed E-state index contributed by atoms with van der Waals surface area (Å²) in [6, 6.07) is 4.77. The first-order valence-electron chi connectivity index (χ1n) is 10.8. The summed E-state index contributed by atoms with van der Waals surface area (Å²) in [5.74, 6) is -7.38. The van der Waals surface area contributed by atoms with E-state index in [1.54, 1.807) is 5.43 Å². The molecule has 2 heterocycles. The number of carboxylic acid groups (broad SMARTS) is 1. The second kappa shape index (κ2) is 13.4. The van der Waals surface area contributed by atoms with Crippen LogP contribution in [0.4, 0.5) is 4.79 Å². The molecule has 1 saturated heterocycles. The molecule has 0 radical (unpaired) electrons. The number of imide groups is 1. The lowest BCUT2D eigenvalue weighted by Gasteiger charge is -2.47. The van der Waals surface area contributed by atoms with Gasteiger partial charge in [0.15, 0.2) is 5.71 Å². The number of aliphatic carboxylic acids is 1. The summed E-state index contributed by atoms with van der Waals surface area (Å²) >= 11 is 28.8. The number of hydrazine groups is 1. The summed E-state index contributed by atoms with van der Waals surface area (Å²) in [4.78, 5) is 78.1. The third-order valence-corrected chi connectivity index (χ3v) is 7.22. The first-order valence-corrected chi connectivity index (χ1v) is 13.8. The van der Waals surface area contributed by atoms with Gasteiger partial charge in [-0.15, -0.1) is 16.8 Å². The Hall–Kier alpha value is -2.95. The van der Waals surface area contributed by atoms with E-state index in [0.29, 0.717) is 0 Å². The predicted molar refractivity (Wildman–Crippen MR) is 145 cm³/mol. The number of carboxylic acids is 1. The third-order valence-electron chi connectivity index (χ3n) is 5.14. The average molecular weight is 693 g/mol. The number of rotatable bonds is 7. The van der Waals surface area contributed by atoms with E-state index in [1.165, 1.54) is 36.0 Å². The monoisotopic (exact) mass is 690 g/mol. The maximum Gasteiger partial charge on any atom is 0.436 e. The van der Waals surface area contributed by atoms with Crippen molar-refractivity contribution < 1.29 is 48.6 Å². The van der Waals surface area contributed by atoms with Gasteiger partial charge in [0.2, 0.25) is 10.7 Å². The summed E-state index contributed by atoms with van der Waals surface area (Å²) in [5.41, 5.74) is 0.616. The summed E-state index contributed by atoms with van der Waals surface area (Å²) in [6.07, 6.45) is -0.256. The number of alkyl halides is 5. The van der Waals surface area contributed by atoms with E-state index in [2.05, 4.69) is 9.99 Å². The van der Waals surface area contributed by atoms with Gasteiger partial charge in [0, 0.05) is 11.3 Å². The number of aromatic hydroxyl groups is 1. The molecule has 4 amide bonds. The number of nitrogens with one attached hydrogen (secondary N) is 1. The van der Waals surface area contributed by atoms with Crippen molar-refractivity contribution >= 4 is 111 Å². The highest BCUT2D eigenvalue weighted by Crippen LogP contribution is 2.41. The second-order valence-electron chi connectivity index (χ2n) is 7.79. The fraction of sp³-hybridized carbons (Fsp3) is 0.286. The molecule has 1 aromatic carbocycles. The number of hydrogen-bond donors (Lipinski definition) is 3. The maximum absolute atomic E-state index is 13.1. The van der Waals surface area contributed by atoms with Crippen molar-refractivity contribution in [2.75, 3.05) is 12.4 Å². The number of β-lactam (4-membered cyclic amide) rings is 1. The normalized spacial score (nSPS) is 18.5. The SMILES string of the molecule is O=C(O)C1=CCSC2C(COC(=O)N(NC(=O)/C(=N/OC(=O)C(Cl)Cl)c3cccc(O)c3)C(=O)C(Cl)(Cl)Cl)C(=O)N12. The number of oxime groups is 1. The van der Waals surface area contributed by atoms with Crippen LogP contribution >= 0.6 is 69.8 Å². The third kappa shape index (κ3) is 7.67. The van der Waals surface area contributed by atoms with Gasteiger partial charge in [-0.2, -0.15) is 0 Å². The molecule has 1 aromatic rings. The summed E-state index contributed by atoms with van der Waals surface area (Å²) in [6.45, 7) is -0.643. The summed E-state index contributed by atoms with van der Waals surface area (Å²) < 4.78 is 2.21. The molecule has 3 N–H and O–H groups in total. The molecule has 0 saturated carbocycles. The summed E-state index contributed by atoms with van der Waals surface area (Å²) in [7, 11) is 0. The minimum absolute atomic E-state index is 0.126. The molecule has 0 spiro atoms. The zero-order valence-corrected chi connectivity index (χ0v) is 24.4. The number of carbonyl (C=O) groups excluding carboxylic acids is 5. The van der Waals surface area contributed by atoms with Gasteiger partial charge < -0.3 is 19.8 Å². The molecule has 14 nitrogen and oxygen atoms in total. The van der Waals surface area contributed by atoms with Crippen molar-refractivity contribution in [1.82, 2.24) is 15.3 Å². The van der Waals surface area contributed by atoms with Gasteiger partial charge in [0.1, 0.15) is 24.0 Å². The van der Waals surface area contributed by atoms with Gasteiger partial charge >= 0.3 is 23.9 Å². The predicted octanol–water partition coefficient (Wildman–Crippen LogP) is 2.31. The lowest BCUT2D eigenvalue weighted by atomic mass is 9.97. The highest BCUT2D eigenvalue weighted by Gasteiger charge is 2.53. The number of carbonyl (C=O) groups is 6. The van der Waals surface area contributed by atoms with Gasteiger partial charge in [0.05, 0.1) is 5.37 Å². The number of halogens is 5. The number of benzene rings is 1. The molecule has 0 aliphatic carbocycles. The largest absolute Gasteiger partial charge is 0.508 e. The van der Waals surface area contributed by atoms with Crippen molar-refractivity contribution in [3.8, 4) is 5.75 Å². The van der Waals surface area contributed by atoms with Crippen molar-refractivity contribution in [2.24, 2.45) is 11.1 Å². The zero-order valence-electron chi connectivity index (χ0n) is 19.8. The van der Waals surface area contributed by atoms with Gasteiger partial charge in [-0.25, -0.2) is 19.8 Å². The van der Waals surface area contributed by atoms with Crippen LogP contribution in [0.3, 0.4) is 0 Å². The van der Waals surface area contributed by atoms with E-state index in [1.807, 2.05) is 0 Å². The van der Waals surface area contributed by atoms with Crippen LogP contribution in [0.1, 0.15) is 5.56 Å². The second-order valence-corrected chi connectivity index (χ2v) is 12.3. The van der Waals surface area contributed by atoms with Crippen LogP contribution in [-0.4, -0.2) is 87.9 Å². The topological polar surface area (TPSA) is 192 Å². The van der Waals surface area contributed by atoms with E-state index >= 15 is 0 Å². The Balaban J connectivity index is 1.82. The van der Waals surface area contributed by atoms with Crippen LogP contribution in [0.25, 0.3) is 0 Å². The smallest absolute Gasteiger partial charge is 0.436 e. The number of fused-ring (bicyclic) bond motifs is 1. The zero-order chi connectivity index (χ0) is 30.6. The number of phenolic OH excluding ortho intramolecular Hbond substituents is 1. The van der Waals surface area contributed by atoms with E-state index in [9.17, 15) is 39.0 Å². The Morgan fingerprint density at radius 1 is 1.22 bits per heavy atom. The number of amides is 4. The van der Waals surface area contributed by atoms with Crippen LogP contribution in [0.5, 0.6) is 5.75 Å². The Kier molecular flexibility index (Phi) is 10.6. The fourth-order valence-corrected chi connectivity index (χ4v) is 4.91. The molecule has 1 fully saturated rings. The molecule has 2 unspecified atom stereocenters. The molecule has 41 heavy (non-hydrogen) atoms. The van der Waals surface area contributed by atoms with E-state index in [4.69, 9.17) is 62.7 Å². The van der Waals surface area contributed by atoms with Crippen molar-refractivity contribution in [3.63, 3.8) is 0 Å². The van der Waals surface area contributed by atoms with Gasteiger partial charge in [-0.3, -0.25) is 19.3 Å². The average Bonchev–Trinajstić information content (AvgIpc) is 2.90. The fourth-order valence-electron chi connectivity index (χ4n) is 3.33. The molecule has 0 bridgehead atoms. The number of phenols is 1. The van der Waals surface area contributed by atoms with Gasteiger partial charge in [-0.05, 0) is 18.2 Å². The molecule has 2 aliphatic heterocycles. The molecule has 2 atom stereocenters. The Morgan fingerprint density at radius 2 is 1.90 bits per heavy atom. The highest BCUT2D eigenvalue weighted by molar-refractivity contribution is 8.00.